The van der Waals surface area contributed by atoms with Gasteiger partial charge in [0.05, 0.1) is 0 Å². The predicted molar refractivity (Wildman–Crippen MR) is 48.9 cm³/mol. The molecular weight excluding hydrogens is 148 g/mol. The summed E-state index contributed by atoms with van der Waals surface area (Å²) in [6.45, 7) is 4.52. The minimum atomic E-state index is 0.0655. The fourth-order valence-corrected chi connectivity index (χ4v) is 2.65. The molecule has 0 aromatic rings. The number of ketones is 1. The first-order valence-electron chi connectivity index (χ1n) is 5.08. The lowest BCUT2D eigenvalue weighted by Crippen LogP contribution is -2.30. The van der Waals surface area contributed by atoms with Gasteiger partial charge >= 0.3 is 0 Å². The molecule has 68 valence electrons. The first kappa shape index (κ1) is 8.28. The van der Waals surface area contributed by atoms with E-state index in [1.54, 1.807) is 0 Å². The lowest BCUT2D eigenvalue weighted by molar-refractivity contribution is -0.128. The van der Waals surface area contributed by atoms with Crippen LogP contribution < -0.4 is 0 Å². The molecule has 0 aliphatic heterocycles. The molecule has 3 rings (SSSR count). The molecule has 1 nitrogen and oxygen atoms in total. The Morgan fingerprint density at radius 2 is 1.58 bits per heavy atom. The zero-order valence-electron chi connectivity index (χ0n) is 8.15. The monoisotopic (exact) mass is 166 g/mol. The average Bonchev–Trinajstić information content (AvgIpc) is 2.22. The normalized spacial score (nSPS) is 47.7. The molecule has 0 saturated heterocycles. The number of carbonyl (C=O) groups excluding carboxylic acids is 1. The number of hydrogen-bond acceptors (Lipinski definition) is 1. The van der Waals surface area contributed by atoms with E-state index in [0.29, 0.717) is 11.2 Å². The molecule has 12 heavy (non-hydrogen) atoms. The first-order valence-corrected chi connectivity index (χ1v) is 5.08. The maximum absolute atomic E-state index is 11.7. The van der Waals surface area contributed by atoms with Crippen LogP contribution in [0.5, 0.6) is 0 Å². The van der Waals surface area contributed by atoms with E-state index in [0.717, 1.165) is 25.7 Å². The fourth-order valence-electron chi connectivity index (χ4n) is 2.65. The van der Waals surface area contributed by atoms with Crippen molar-refractivity contribution in [3.63, 3.8) is 0 Å². The van der Waals surface area contributed by atoms with Gasteiger partial charge in [-0.2, -0.15) is 0 Å². The lowest BCUT2D eigenvalue weighted by atomic mass is 9.67. The van der Waals surface area contributed by atoms with E-state index in [1.807, 2.05) is 0 Å². The number of rotatable bonds is 0. The van der Waals surface area contributed by atoms with Crippen molar-refractivity contribution in [2.24, 2.45) is 10.8 Å². The smallest absolute Gasteiger partial charge is 0.138 e. The van der Waals surface area contributed by atoms with Gasteiger partial charge in [-0.15, -0.1) is 0 Å². The highest BCUT2D eigenvalue weighted by atomic mass is 16.1. The van der Waals surface area contributed by atoms with Crippen molar-refractivity contribution in [3.05, 3.63) is 0 Å². The molecule has 1 heteroatoms. The van der Waals surface area contributed by atoms with Gasteiger partial charge < -0.3 is 0 Å². The van der Waals surface area contributed by atoms with Crippen LogP contribution >= 0.6 is 0 Å². The quantitative estimate of drug-likeness (QED) is 0.540. The van der Waals surface area contributed by atoms with E-state index in [-0.39, 0.29) is 5.41 Å². The molecule has 0 atom stereocenters. The summed E-state index contributed by atoms with van der Waals surface area (Å²) >= 11 is 0. The van der Waals surface area contributed by atoms with Gasteiger partial charge in [0, 0.05) is 11.8 Å². The molecular formula is C11H18O. The van der Waals surface area contributed by atoms with Gasteiger partial charge in [0.2, 0.25) is 0 Å². The van der Waals surface area contributed by atoms with Gasteiger partial charge in [-0.05, 0) is 37.5 Å². The highest BCUT2D eigenvalue weighted by Crippen LogP contribution is 2.51. The Morgan fingerprint density at radius 3 is 2.17 bits per heavy atom. The Hall–Kier alpha value is -0.330. The Labute approximate surface area is 74.5 Å². The lowest BCUT2D eigenvalue weighted by Gasteiger charge is -2.37. The number of hydrogen-bond donors (Lipinski definition) is 0. The zero-order valence-corrected chi connectivity index (χ0v) is 8.15. The molecule has 0 aromatic carbocycles. The highest BCUT2D eigenvalue weighted by Gasteiger charge is 2.45. The second-order valence-corrected chi connectivity index (χ2v) is 5.29. The molecule has 0 unspecified atom stereocenters. The number of carbonyl (C=O) groups is 1. The van der Waals surface area contributed by atoms with E-state index in [9.17, 15) is 4.79 Å². The predicted octanol–water partition coefficient (Wildman–Crippen LogP) is 2.94. The van der Waals surface area contributed by atoms with Crippen LogP contribution in [-0.2, 0) is 4.79 Å². The van der Waals surface area contributed by atoms with Crippen molar-refractivity contribution in [1.82, 2.24) is 0 Å². The first-order chi connectivity index (χ1) is 5.54. The summed E-state index contributed by atoms with van der Waals surface area (Å²) in [7, 11) is 0. The molecule has 3 fully saturated rings. The van der Waals surface area contributed by atoms with Gasteiger partial charge in [0.1, 0.15) is 5.78 Å². The summed E-state index contributed by atoms with van der Waals surface area (Å²) in [6, 6.07) is 0. The van der Waals surface area contributed by atoms with Crippen LogP contribution in [0.3, 0.4) is 0 Å². The highest BCUT2D eigenvalue weighted by molar-refractivity contribution is 5.85. The Balaban J connectivity index is 2.28. The number of Topliss-reactive ketones (excluding diaryl/α,β-unsaturated/α-hetero) is 1. The zero-order chi connectivity index (χ0) is 8.82. The van der Waals surface area contributed by atoms with Gasteiger partial charge in [-0.1, -0.05) is 13.8 Å². The SMILES string of the molecule is CC12CCC(=O)C(C)(CC1)CC2. The van der Waals surface area contributed by atoms with Crippen molar-refractivity contribution in [2.75, 3.05) is 0 Å². The van der Waals surface area contributed by atoms with Crippen LogP contribution in [0.2, 0.25) is 0 Å². The topological polar surface area (TPSA) is 17.1 Å². The third-order valence-corrected chi connectivity index (χ3v) is 4.19. The maximum atomic E-state index is 11.7. The Kier molecular flexibility index (Phi) is 1.61. The van der Waals surface area contributed by atoms with Gasteiger partial charge in [0.15, 0.2) is 0 Å². The minimum absolute atomic E-state index is 0.0655. The standard InChI is InChI=1S/C11H18O/c1-10-4-3-9(12)11(2,7-5-10)8-6-10/h3-8H2,1-2H3. The minimum Gasteiger partial charge on any atom is -0.299 e. The molecule has 0 N–H and O–H groups in total. The molecule has 2 bridgehead atoms. The van der Waals surface area contributed by atoms with E-state index >= 15 is 0 Å². The van der Waals surface area contributed by atoms with Crippen molar-refractivity contribution < 1.29 is 4.79 Å². The van der Waals surface area contributed by atoms with E-state index in [1.165, 1.54) is 12.8 Å². The molecule has 3 saturated carbocycles. The molecule has 0 heterocycles. The van der Waals surface area contributed by atoms with Crippen molar-refractivity contribution in [3.8, 4) is 0 Å². The van der Waals surface area contributed by atoms with Gasteiger partial charge in [0.25, 0.3) is 0 Å². The summed E-state index contributed by atoms with van der Waals surface area (Å²) in [5, 5.41) is 0. The van der Waals surface area contributed by atoms with Crippen LogP contribution in [0.15, 0.2) is 0 Å². The summed E-state index contributed by atoms with van der Waals surface area (Å²) in [6.07, 6.45) is 6.81. The summed E-state index contributed by atoms with van der Waals surface area (Å²) in [5.41, 5.74) is 0.571. The molecule has 3 aliphatic rings. The molecule has 0 aromatic heterocycles. The van der Waals surface area contributed by atoms with Crippen molar-refractivity contribution in [2.45, 2.75) is 52.4 Å². The molecule has 0 radical (unpaired) electrons. The van der Waals surface area contributed by atoms with Crippen LogP contribution in [0.4, 0.5) is 0 Å². The third kappa shape index (κ3) is 1.10. The van der Waals surface area contributed by atoms with Gasteiger partial charge in [-0.25, -0.2) is 0 Å². The second-order valence-electron chi connectivity index (χ2n) is 5.29. The third-order valence-electron chi connectivity index (χ3n) is 4.19. The van der Waals surface area contributed by atoms with Crippen LogP contribution in [0.1, 0.15) is 52.4 Å². The summed E-state index contributed by atoms with van der Waals surface area (Å²) in [5.74, 6) is 0.531. The average molecular weight is 166 g/mol. The summed E-state index contributed by atoms with van der Waals surface area (Å²) < 4.78 is 0. The van der Waals surface area contributed by atoms with E-state index < -0.39 is 0 Å². The summed E-state index contributed by atoms with van der Waals surface area (Å²) in [4.78, 5) is 11.7. The number of fused-ring (bicyclic) bond motifs is 4. The van der Waals surface area contributed by atoms with Crippen molar-refractivity contribution >= 4 is 5.78 Å². The van der Waals surface area contributed by atoms with Crippen LogP contribution in [0, 0.1) is 10.8 Å². The molecule has 3 aliphatic carbocycles. The second kappa shape index (κ2) is 2.34. The van der Waals surface area contributed by atoms with Crippen LogP contribution in [0.25, 0.3) is 0 Å². The Bertz CT molecular complexity index is 209. The Morgan fingerprint density at radius 1 is 1.00 bits per heavy atom. The maximum Gasteiger partial charge on any atom is 0.138 e. The van der Waals surface area contributed by atoms with Crippen molar-refractivity contribution in [1.29, 1.82) is 0 Å². The fraction of sp³-hybridized carbons (Fsp3) is 0.909. The van der Waals surface area contributed by atoms with E-state index in [2.05, 4.69) is 13.8 Å². The van der Waals surface area contributed by atoms with E-state index in [4.69, 9.17) is 0 Å². The van der Waals surface area contributed by atoms with Gasteiger partial charge in [-0.3, -0.25) is 4.79 Å². The molecule has 0 spiro atoms. The van der Waals surface area contributed by atoms with Crippen LogP contribution in [-0.4, -0.2) is 5.78 Å². The largest absolute Gasteiger partial charge is 0.299 e. The molecule has 0 amide bonds.